The predicted molar refractivity (Wildman–Crippen MR) is 85.1 cm³/mol. The minimum atomic E-state index is -0.497. The number of halogens is 2. The Kier molecular flexibility index (Phi) is 4.80. The summed E-state index contributed by atoms with van der Waals surface area (Å²) in [5.41, 5.74) is 7.97. The van der Waals surface area contributed by atoms with Crippen LogP contribution in [0.25, 0.3) is 0 Å². The van der Waals surface area contributed by atoms with Crippen molar-refractivity contribution in [1.29, 1.82) is 0 Å². The fraction of sp³-hybridized carbons (Fsp3) is 0.133. The molecule has 4 nitrogen and oxygen atoms in total. The molecule has 0 aromatic heterocycles. The molecular formula is C15H15BrFN3O. The van der Waals surface area contributed by atoms with Crippen molar-refractivity contribution < 1.29 is 9.60 Å². The van der Waals surface area contributed by atoms with Gasteiger partial charge < -0.3 is 16.3 Å². The topological polar surface area (TPSA) is 70.6 Å². The maximum Gasteiger partial charge on any atom is 0.173 e. The highest BCUT2D eigenvalue weighted by Gasteiger charge is 2.11. The monoisotopic (exact) mass is 351 g/mol. The largest absolute Gasteiger partial charge is 0.409 e. The third-order valence-electron chi connectivity index (χ3n) is 3.06. The standard InChI is InChI=1S/C15H15BrFN3O/c1-9-5-6-13(12(16)7-9)19-8-10-3-2-4-11(14(10)17)15(18)20-21/h2-7,19,21H,8H2,1H3,(H2,18,20). The van der Waals surface area contributed by atoms with Gasteiger partial charge in [-0.15, -0.1) is 0 Å². The summed E-state index contributed by atoms with van der Waals surface area (Å²) in [7, 11) is 0. The highest BCUT2D eigenvalue weighted by Crippen LogP contribution is 2.24. The van der Waals surface area contributed by atoms with Crippen molar-refractivity contribution in [3.8, 4) is 0 Å². The van der Waals surface area contributed by atoms with Crippen LogP contribution >= 0.6 is 15.9 Å². The Morgan fingerprint density at radius 2 is 2.14 bits per heavy atom. The van der Waals surface area contributed by atoms with Gasteiger partial charge in [-0.1, -0.05) is 23.4 Å². The van der Waals surface area contributed by atoms with Crippen LogP contribution in [0.2, 0.25) is 0 Å². The Bertz CT molecular complexity index is 689. The molecule has 2 aromatic carbocycles. The highest BCUT2D eigenvalue weighted by molar-refractivity contribution is 9.10. The van der Waals surface area contributed by atoms with Gasteiger partial charge in [0.15, 0.2) is 5.84 Å². The highest BCUT2D eigenvalue weighted by atomic mass is 79.9. The van der Waals surface area contributed by atoms with E-state index in [9.17, 15) is 4.39 Å². The fourth-order valence-electron chi connectivity index (χ4n) is 1.92. The van der Waals surface area contributed by atoms with E-state index in [-0.39, 0.29) is 11.4 Å². The molecule has 0 saturated heterocycles. The van der Waals surface area contributed by atoms with Crippen molar-refractivity contribution in [2.75, 3.05) is 5.32 Å². The molecule has 0 spiro atoms. The molecule has 0 saturated carbocycles. The van der Waals surface area contributed by atoms with E-state index in [1.807, 2.05) is 25.1 Å². The molecule has 0 aliphatic carbocycles. The molecular weight excluding hydrogens is 337 g/mol. The summed E-state index contributed by atoms with van der Waals surface area (Å²) in [5, 5.41) is 14.6. The van der Waals surface area contributed by atoms with E-state index in [0.29, 0.717) is 12.1 Å². The van der Waals surface area contributed by atoms with Crippen LogP contribution in [-0.4, -0.2) is 11.0 Å². The number of rotatable bonds is 4. The van der Waals surface area contributed by atoms with Crippen LogP contribution in [0.5, 0.6) is 0 Å². The van der Waals surface area contributed by atoms with E-state index in [1.54, 1.807) is 12.1 Å². The van der Waals surface area contributed by atoms with E-state index in [4.69, 9.17) is 10.9 Å². The van der Waals surface area contributed by atoms with E-state index in [0.717, 1.165) is 15.7 Å². The van der Waals surface area contributed by atoms with Gasteiger partial charge in [0.2, 0.25) is 0 Å². The number of nitrogens with two attached hydrogens (primary N) is 1. The second kappa shape index (κ2) is 6.58. The van der Waals surface area contributed by atoms with Crippen molar-refractivity contribution >= 4 is 27.5 Å². The molecule has 6 heteroatoms. The van der Waals surface area contributed by atoms with Crippen LogP contribution in [0.1, 0.15) is 16.7 Å². The molecule has 0 heterocycles. The van der Waals surface area contributed by atoms with E-state index < -0.39 is 5.82 Å². The predicted octanol–water partition coefficient (Wildman–Crippen LogP) is 3.60. The first-order valence-corrected chi connectivity index (χ1v) is 7.07. The number of anilines is 1. The maximum atomic E-state index is 14.3. The van der Waals surface area contributed by atoms with Crippen LogP contribution in [-0.2, 0) is 6.54 Å². The van der Waals surface area contributed by atoms with Gasteiger partial charge in [-0.3, -0.25) is 0 Å². The summed E-state index contributed by atoms with van der Waals surface area (Å²) in [4.78, 5) is 0. The quantitative estimate of drug-likeness (QED) is 0.341. The first-order valence-electron chi connectivity index (χ1n) is 6.28. The van der Waals surface area contributed by atoms with Crippen molar-refractivity contribution in [1.82, 2.24) is 0 Å². The fourth-order valence-corrected chi connectivity index (χ4v) is 2.56. The molecule has 0 atom stereocenters. The molecule has 110 valence electrons. The van der Waals surface area contributed by atoms with Gasteiger partial charge in [-0.05, 0) is 46.6 Å². The van der Waals surface area contributed by atoms with Crippen molar-refractivity contribution in [3.63, 3.8) is 0 Å². The lowest BCUT2D eigenvalue weighted by Gasteiger charge is -2.11. The van der Waals surface area contributed by atoms with Gasteiger partial charge in [-0.25, -0.2) is 4.39 Å². The number of nitrogens with one attached hydrogen (secondary N) is 1. The normalized spacial score (nSPS) is 11.5. The summed E-state index contributed by atoms with van der Waals surface area (Å²) in [5.74, 6) is -0.741. The van der Waals surface area contributed by atoms with E-state index >= 15 is 0 Å². The molecule has 0 unspecified atom stereocenters. The average molecular weight is 352 g/mol. The summed E-state index contributed by atoms with van der Waals surface area (Å²) >= 11 is 3.46. The lowest BCUT2D eigenvalue weighted by molar-refractivity contribution is 0.318. The van der Waals surface area contributed by atoms with Gasteiger partial charge in [0.05, 0.1) is 5.56 Å². The van der Waals surface area contributed by atoms with Gasteiger partial charge in [0.25, 0.3) is 0 Å². The van der Waals surface area contributed by atoms with Crippen LogP contribution in [0.4, 0.5) is 10.1 Å². The zero-order valence-corrected chi connectivity index (χ0v) is 13.0. The minimum Gasteiger partial charge on any atom is -0.409 e. The first-order chi connectivity index (χ1) is 10.0. The molecule has 0 aliphatic rings. The van der Waals surface area contributed by atoms with Crippen LogP contribution < -0.4 is 11.1 Å². The maximum absolute atomic E-state index is 14.3. The third-order valence-corrected chi connectivity index (χ3v) is 3.71. The number of hydrogen-bond acceptors (Lipinski definition) is 3. The second-order valence-corrected chi connectivity index (χ2v) is 5.46. The van der Waals surface area contributed by atoms with Gasteiger partial charge in [-0.2, -0.15) is 0 Å². The summed E-state index contributed by atoms with van der Waals surface area (Å²) in [6.45, 7) is 2.29. The lowest BCUT2D eigenvalue weighted by Crippen LogP contribution is -2.16. The Morgan fingerprint density at radius 1 is 1.38 bits per heavy atom. The summed E-state index contributed by atoms with van der Waals surface area (Å²) in [6, 6.07) is 10.7. The van der Waals surface area contributed by atoms with Crippen molar-refractivity contribution in [2.24, 2.45) is 10.9 Å². The number of nitrogens with zero attached hydrogens (tertiary/aromatic N) is 1. The Hall–Kier alpha value is -2.08. The molecule has 0 fully saturated rings. The molecule has 2 rings (SSSR count). The second-order valence-electron chi connectivity index (χ2n) is 4.60. The number of oxime groups is 1. The van der Waals surface area contributed by atoms with Gasteiger partial charge in [0, 0.05) is 22.3 Å². The number of aryl methyl sites for hydroxylation is 1. The molecule has 4 N–H and O–H groups in total. The van der Waals surface area contributed by atoms with Gasteiger partial charge in [0.1, 0.15) is 5.82 Å². The van der Waals surface area contributed by atoms with Crippen LogP contribution in [0.3, 0.4) is 0 Å². The molecule has 0 bridgehead atoms. The minimum absolute atomic E-state index is 0.0831. The number of hydrogen-bond donors (Lipinski definition) is 3. The van der Waals surface area contributed by atoms with E-state index in [2.05, 4.69) is 26.4 Å². The Morgan fingerprint density at radius 3 is 2.81 bits per heavy atom. The smallest absolute Gasteiger partial charge is 0.173 e. The molecule has 0 radical (unpaired) electrons. The molecule has 0 aliphatic heterocycles. The van der Waals surface area contributed by atoms with Crippen molar-refractivity contribution in [2.45, 2.75) is 13.5 Å². The first kappa shape index (κ1) is 15.3. The third kappa shape index (κ3) is 3.52. The lowest BCUT2D eigenvalue weighted by atomic mass is 10.1. The average Bonchev–Trinajstić information content (AvgIpc) is 2.47. The Balaban J connectivity index is 2.21. The number of amidine groups is 1. The van der Waals surface area contributed by atoms with Gasteiger partial charge >= 0.3 is 0 Å². The molecule has 21 heavy (non-hydrogen) atoms. The summed E-state index contributed by atoms with van der Waals surface area (Å²) < 4.78 is 15.2. The zero-order valence-electron chi connectivity index (χ0n) is 11.4. The number of benzene rings is 2. The summed E-state index contributed by atoms with van der Waals surface area (Å²) in [6.07, 6.45) is 0. The Labute approximate surface area is 130 Å². The van der Waals surface area contributed by atoms with Crippen LogP contribution in [0, 0.1) is 12.7 Å². The molecule has 0 amide bonds. The zero-order chi connectivity index (χ0) is 15.4. The molecule has 2 aromatic rings. The SMILES string of the molecule is Cc1ccc(NCc2cccc(/C(N)=N/O)c2F)c(Br)c1. The van der Waals surface area contributed by atoms with E-state index in [1.165, 1.54) is 6.07 Å². The van der Waals surface area contributed by atoms with Crippen molar-refractivity contribution in [3.05, 3.63) is 63.4 Å². The van der Waals surface area contributed by atoms with Crippen LogP contribution in [0.15, 0.2) is 46.0 Å².